The van der Waals surface area contributed by atoms with E-state index >= 15 is 4.39 Å². The number of halogens is 1. The van der Waals surface area contributed by atoms with Gasteiger partial charge in [0.25, 0.3) is 5.91 Å². The van der Waals surface area contributed by atoms with Crippen LogP contribution in [0.1, 0.15) is 76.5 Å². The van der Waals surface area contributed by atoms with Crippen LogP contribution in [0.15, 0.2) is 6.07 Å². The maximum Gasteiger partial charge on any atom is 0.408 e. The van der Waals surface area contributed by atoms with Gasteiger partial charge >= 0.3 is 6.09 Å². The molecule has 2 aromatic heterocycles. The molecule has 2 atom stereocenters. The first-order valence-electron chi connectivity index (χ1n) is 13.2. The van der Waals surface area contributed by atoms with Gasteiger partial charge in [0.15, 0.2) is 11.6 Å². The van der Waals surface area contributed by atoms with Crippen molar-refractivity contribution in [1.29, 1.82) is 0 Å². The Morgan fingerprint density at radius 3 is 2.62 bits per heavy atom. The van der Waals surface area contributed by atoms with E-state index < -0.39 is 29.2 Å². The SMILES string of the molecule is CCc1cc(-c2nc(N[C@@H]3CCOC[C@@H]3NC(=O)OC(C)(C)C)c(F)c3c2C(=O)N(COC(C)(C)C)C3)sn1. The smallest absolute Gasteiger partial charge is 0.408 e. The maximum atomic E-state index is 16.0. The molecule has 4 rings (SSSR count). The highest BCUT2D eigenvalue weighted by Gasteiger charge is 2.38. The van der Waals surface area contributed by atoms with Crippen molar-refractivity contribution < 1.29 is 28.2 Å². The second-order valence-corrected chi connectivity index (χ2v) is 12.6. The summed E-state index contributed by atoms with van der Waals surface area (Å²) in [6.45, 7) is 13.8. The van der Waals surface area contributed by atoms with Crippen LogP contribution in [0.5, 0.6) is 0 Å². The number of aryl methyl sites for hydroxylation is 1. The Labute approximate surface area is 232 Å². The van der Waals surface area contributed by atoms with E-state index in [9.17, 15) is 9.59 Å². The summed E-state index contributed by atoms with van der Waals surface area (Å²) in [5.41, 5.74) is 0.630. The fourth-order valence-corrected chi connectivity index (χ4v) is 5.16. The van der Waals surface area contributed by atoms with Crippen LogP contribution in [0.3, 0.4) is 0 Å². The lowest BCUT2D eigenvalue weighted by Crippen LogP contribution is -2.53. The number of rotatable bonds is 7. The number of nitrogens with zero attached hydrogens (tertiary/aromatic N) is 3. The molecule has 12 heteroatoms. The number of ether oxygens (including phenoxy) is 3. The molecule has 1 saturated heterocycles. The minimum absolute atomic E-state index is 0.0180. The van der Waals surface area contributed by atoms with E-state index in [1.165, 1.54) is 16.4 Å². The molecule has 0 aromatic carbocycles. The highest BCUT2D eigenvalue weighted by Crippen LogP contribution is 2.38. The number of carbonyl (C=O) groups excluding carboxylic acids is 2. The van der Waals surface area contributed by atoms with Crippen LogP contribution >= 0.6 is 11.5 Å². The molecule has 0 bridgehead atoms. The van der Waals surface area contributed by atoms with Gasteiger partial charge in [-0.15, -0.1) is 0 Å². The number of pyridine rings is 1. The molecule has 214 valence electrons. The number of hydrogen-bond donors (Lipinski definition) is 2. The first kappa shape index (κ1) is 29.2. The molecule has 2 aliphatic rings. The Morgan fingerprint density at radius 2 is 1.97 bits per heavy atom. The van der Waals surface area contributed by atoms with Crippen LogP contribution in [-0.4, -0.2) is 69.5 Å². The van der Waals surface area contributed by atoms with Crippen molar-refractivity contribution in [2.75, 3.05) is 25.3 Å². The normalized spacial score (nSPS) is 19.7. The quantitative estimate of drug-likeness (QED) is 0.497. The van der Waals surface area contributed by atoms with Crippen LogP contribution in [0.25, 0.3) is 10.6 Å². The largest absolute Gasteiger partial charge is 0.444 e. The molecule has 2 aliphatic heterocycles. The predicted octanol–water partition coefficient (Wildman–Crippen LogP) is 4.73. The van der Waals surface area contributed by atoms with E-state index in [2.05, 4.69) is 20.0 Å². The van der Waals surface area contributed by atoms with Crippen molar-refractivity contribution in [3.8, 4) is 10.6 Å². The first-order chi connectivity index (χ1) is 18.3. The summed E-state index contributed by atoms with van der Waals surface area (Å²) in [5, 5.41) is 6.03. The lowest BCUT2D eigenvalue weighted by molar-refractivity contribution is -0.0539. The van der Waals surface area contributed by atoms with Crippen LogP contribution in [0, 0.1) is 5.82 Å². The van der Waals surface area contributed by atoms with E-state index in [1.807, 2.05) is 33.8 Å². The summed E-state index contributed by atoms with van der Waals surface area (Å²) in [4.78, 5) is 32.7. The van der Waals surface area contributed by atoms with E-state index in [1.54, 1.807) is 20.8 Å². The third-order valence-corrected chi connectivity index (χ3v) is 7.11. The summed E-state index contributed by atoms with van der Waals surface area (Å²) in [5.74, 6) is -0.906. The molecule has 0 spiro atoms. The Hall–Kier alpha value is -2.83. The number of carbonyl (C=O) groups is 2. The number of nitrogens with one attached hydrogen (secondary N) is 2. The second kappa shape index (κ2) is 11.3. The minimum Gasteiger partial charge on any atom is -0.444 e. The van der Waals surface area contributed by atoms with E-state index in [0.717, 1.165) is 12.1 Å². The predicted molar refractivity (Wildman–Crippen MR) is 146 cm³/mol. The number of hydrogen-bond acceptors (Lipinski definition) is 9. The second-order valence-electron chi connectivity index (χ2n) is 11.8. The van der Waals surface area contributed by atoms with Crippen molar-refractivity contribution in [3.05, 3.63) is 28.7 Å². The molecule has 0 aliphatic carbocycles. The summed E-state index contributed by atoms with van der Waals surface area (Å²) < 4.78 is 37.3. The lowest BCUT2D eigenvalue weighted by Gasteiger charge is -2.33. The van der Waals surface area contributed by atoms with E-state index in [-0.39, 0.29) is 48.8 Å². The van der Waals surface area contributed by atoms with Crippen LogP contribution < -0.4 is 10.6 Å². The topological polar surface area (TPSA) is 115 Å². The molecule has 2 N–H and O–H groups in total. The molecule has 2 aromatic rings. The third-order valence-electron chi connectivity index (χ3n) is 6.27. The fourth-order valence-electron chi connectivity index (χ4n) is 4.34. The monoisotopic (exact) mass is 563 g/mol. The third kappa shape index (κ3) is 7.03. The van der Waals surface area contributed by atoms with Crippen LogP contribution in [0.4, 0.5) is 15.0 Å². The van der Waals surface area contributed by atoms with Gasteiger partial charge in [0.2, 0.25) is 0 Å². The van der Waals surface area contributed by atoms with Crippen LogP contribution in [-0.2, 0) is 27.2 Å². The van der Waals surface area contributed by atoms with Crippen molar-refractivity contribution in [2.24, 2.45) is 0 Å². The van der Waals surface area contributed by atoms with Gasteiger partial charge in [-0.1, -0.05) is 6.92 Å². The zero-order valence-corrected chi connectivity index (χ0v) is 24.5. The molecular formula is C27H38FN5O5S. The summed E-state index contributed by atoms with van der Waals surface area (Å²) in [7, 11) is 0. The number of fused-ring (bicyclic) bond motifs is 1. The zero-order chi connectivity index (χ0) is 28.5. The lowest BCUT2D eigenvalue weighted by atomic mass is 10.0. The van der Waals surface area contributed by atoms with Gasteiger partial charge in [-0.2, -0.15) is 4.37 Å². The molecule has 0 saturated carbocycles. The Morgan fingerprint density at radius 1 is 1.23 bits per heavy atom. The summed E-state index contributed by atoms with van der Waals surface area (Å²) >= 11 is 1.23. The maximum absolute atomic E-state index is 16.0. The first-order valence-corrected chi connectivity index (χ1v) is 14.0. The molecule has 10 nitrogen and oxygen atoms in total. The van der Waals surface area contributed by atoms with E-state index in [0.29, 0.717) is 23.6 Å². The van der Waals surface area contributed by atoms with Gasteiger partial charge in [-0.05, 0) is 72.0 Å². The average molecular weight is 564 g/mol. The average Bonchev–Trinajstić information content (AvgIpc) is 3.44. The van der Waals surface area contributed by atoms with E-state index in [4.69, 9.17) is 14.2 Å². The highest BCUT2D eigenvalue weighted by atomic mass is 32.1. The molecule has 0 unspecified atom stereocenters. The minimum atomic E-state index is -0.660. The van der Waals surface area contributed by atoms with Gasteiger partial charge in [-0.3, -0.25) is 4.79 Å². The van der Waals surface area contributed by atoms with Crippen molar-refractivity contribution in [2.45, 2.75) is 91.1 Å². The highest BCUT2D eigenvalue weighted by molar-refractivity contribution is 7.09. The molecule has 2 amide bonds. The number of amides is 2. The molecule has 39 heavy (non-hydrogen) atoms. The number of alkyl carbamates (subject to hydrolysis) is 1. The van der Waals surface area contributed by atoms with Gasteiger partial charge in [0.05, 0.1) is 52.7 Å². The van der Waals surface area contributed by atoms with Crippen molar-refractivity contribution in [3.63, 3.8) is 0 Å². The number of anilines is 1. The zero-order valence-electron chi connectivity index (χ0n) is 23.6. The Balaban J connectivity index is 1.67. The Kier molecular flexibility index (Phi) is 8.48. The van der Waals surface area contributed by atoms with Crippen molar-refractivity contribution in [1.82, 2.24) is 19.6 Å². The summed E-state index contributed by atoms with van der Waals surface area (Å²) in [6, 6.07) is 1.04. The van der Waals surface area contributed by atoms with Gasteiger partial charge in [-0.25, -0.2) is 14.2 Å². The molecule has 0 radical (unpaired) electrons. The van der Waals surface area contributed by atoms with Crippen molar-refractivity contribution >= 4 is 29.4 Å². The molecule has 4 heterocycles. The Bertz CT molecular complexity index is 1220. The van der Waals surface area contributed by atoms with Gasteiger partial charge in [0.1, 0.15) is 12.3 Å². The van der Waals surface area contributed by atoms with Gasteiger partial charge < -0.3 is 29.7 Å². The molecule has 1 fully saturated rings. The van der Waals surface area contributed by atoms with Gasteiger partial charge in [0, 0.05) is 12.2 Å². The fraction of sp³-hybridized carbons (Fsp3) is 0.630. The number of aromatic nitrogens is 2. The standard InChI is InChI=1S/C27H38FN5O5S/c1-8-15-11-19(39-32-15)22-20-16(12-33(24(20)34)14-37-26(2,3)4)21(28)23(31-22)29-17-9-10-36-13-18(17)30-25(35)38-27(5,6)7/h11,17-18H,8-10,12-14H2,1-7H3,(H,29,31)(H,30,35)/t17-,18+/m1/s1. The summed E-state index contributed by atoms with van der Waals surface area (Å²) in [6.07, 6.45) is 0.661. The molecular weight excluding hydrogens is 525 g/mol. The van der Waals surface area contributed by atoms with Crippen LogP contribution in [0.2, 0.25) is 0 Å².